The molecule has 0 unspecified atom stereocenters. The van der Waals surface area contributed by atoms with E-state index in [1.807, 2.05) is 6.07 Å². The summed E-state index contributed by atoms with van der Waals surface area (Å²) in [6.07, 6.45) is 4.87. The van der Waals surface area contributed by atoms with Crippen LogP contribution in [0.2, 0.25) is 0 Å². The standard InChI is InChI=1S/C23H36FN7O.HI/c1-4-6-9-25-23(26-10-11-31-18-27-28-22(31)5-2)30-14-12-29(13-15-30)17-19-7-8-21(32-3)20(24)16-19;/h7-8,16,18H,4-6,9-15,17H2,1-3H3,(H,25,26);1H. The van der Waals surface area contributed by atoms with E-state index in [-0.39, 0.29) is 35.5 Å². The van der Waals surface area contributed by atoms with E-state index in [9.17, 15) is 4.39 Å². The van der Waals surface area contributed by atoms with Gasteiger partial charge >= 0.3 is 0 Å². The first kappa shape index (κ1) is 27.3. The number of guanidine groups is 1. The predicted molar refractivity (Wildman–Crippen MR) is 140 cm³/mol. The van der Waals surface area contributed by atoms with Crippen molar-refractivity contribution < 1.29 is 9.13 Å². The van der Waals surface area contributed by atoms with Crippen LogP contribution in [-0.4, -0.2) is 76.9 Å². The number of methoxy groups -OCH3 is 1. The third-order valence-electron chi connectivity index (χ3n) is 5.72. The Hall–Kier alpha value is -1.95. The predicted octanol–water partition coefficient (Wildman–Crippen LogP) is 3.17. The molecule has 184 valence electrons. The van der Waals surface area contributed by atoms with Gasteiger partial charge in [0, 0.05) is 58.8 Å². The highest BCUT2D eigenvalue weighted by molar-refractivity contribution is 14.0. The molecule has 0 spiro atoms. The largest absolute Gasteiger partial charge is 0.494 e. The fraction of sp³-hybridized carbons (Fsp3) is 0.609. The van der Waals surface area contributed by atoms with Crippen molar-refractivity contribution in [2.45, 2.75) is 46.2 Å². The minimum Gasteiger partial charge on any atom is -0.494 e. The van der Waals surface area contributed by atoms with Gasteiger partial charge in [0.1, 0.15) is 12.2 Å². The summed E-state index contributed by atoms with van der Waals surface area (Å²) in [4.78, 5) is 9.53. The number of nitrogens with zero attached hydrogens (tertiary/aromatic N) is 6. The number of aliphatic imine (C=N–C) groups is 1. The van der Waals surface area contributed by atoms with Gasteiger partial charge in [-0.2, -0.15) is 0 Å². The maximum Gasteiger partial charge on any atom is 0.194 e. The van der Waals surface area contributed by atoms with Crippen molar-refractivity contribution in [2.24, 2.45) is 4.99 Å². The molecule has 0 bridgehead atoms. The van der Waals surface area contributed by atoms with Gasteiger partial charge in [0.2, 0.25) is 0 Å². The number of hydrogen-bond donors (Lipinski definition) is 1. The topological polar surface area (TPSA) is 70.8 Å². The van der Waals surface area contributed by atoms with E-state index in [2.05, 4.69) is 43.7 Å². The monoisotopic (exact) mass is 573 g/mol. The van der Waals surface area contributed by atoms with Gasteiger partial charge < -0.3 is 19.5 Å². The minimum atomic E-state index is -0.308. The first-order chi connectivity index (χ1) is 15.6. The third kappa shape index (κ3) is 8.09. The molecule has 2 aromatic rings. The molecule has 3 rings (SSSR count). The molecule has 0 amide bonds. The van der Waals surface area contributed by atoms with E-state index < -0.39 is 0 Å². The van der Waals surface area contributed by atoms with Crippen LogP contribution < -0.4 is 10.1 Å². The van der Waals surface area contributed by atoms with Crippen LogP contribution in [0.3, 0.4) is 0 Å². The highest BCUT2D eigenvalue weighted by Gasteiger charge is 2.20. The molecule has 1 aliphatic rings. The summed E-state index contributed by atoms with van der Waals surface area (Å²) in [6, 6.07) is 5.20. The van der Waals surface area contributed by atoms with Crippen molar-refractivity contribution in [3.8, 4) is 5.75 Å². The van der Waals surface area contributed by atoms with Crippen LogP contribution in [-0.2, 0) is 19.5 Å². The number of halogens is 2. The molecular formula is C23H37FIN7O. The normalized spacial score (nSPS) is 14.8. The number of nitrogens with one attached hydrogen (secondary N) is 1. The zero-order chi connectivity index (χ0) is 22.8. The van der Waals surface area contributed by atoms with E-state index in [0.717, 1.165) is 89.0 Å². The number of ether oxygens (including phenoxy) is 1. The fourth-order valence-electron chi connectivity index (χ4n) is 3.82. The van der Waals surface area contributed by atoms with Gasteiger partial charge in [-0.15, -0.1) is 34.2 Å². The fourth-order valence-corrected chi connectivity index (χ4v) is 3.82. The first-order valence-corrected chi connectivity index (χ1v) is 11.6. The van der Waals surface area contributed by atoms with Gasteiger partial charge in [-0.1, -0.05) is 26.3 Å². The summed E-state index contributed by atoms with van der Waals surface area (Å²) < 4.78 is 21.1. The summed E-state index contributed by atoms with van der Waals surface area (Å²) >= 11 is 0. The van der Waals surface area contributed by atoms with Crippen molar-refractivity contribution in [1.29, 1.82) is 0 Å². The minimum absolute atomic E-state index is 0. The zero-order valence-electron chi connectivity index (χ0n) is 20.0. The lowest BCUT2D eigenvalue weighted by atomic mass is 10.2. The Labute approximate surface area is 213 Å². The van der Waals surface area contributed by atoms with Gasteiger partial charge in [-0.3, -0.25) is 9.89 Å². The summed E-state index contributed by atoms with van der Waals surface area (Å²) in [5, 5.41) is 11.7. The summed E-state index contributed by atoms with van der Waals surface area (Å²) in [5.74, 6) is 1.95. The van der Waals surface area contributed by atoms with Crippen LogP contribution >= 0.6 is 24.0 Å². The zero-order valence-corrected chi connectivity index (χ0v) is 22.3. The number of unbranched alkanes of at least 4 members (excludes halogenated alkanes) is 1. The van der Waals surface area contributed by atoms with Crippen LogP contribution in [0.4, 0.5) is 4.39 Å². The molecule has 1 fully saturated rings. The van der Waals surface area contributed by atoms with Crippen LogP contribution in [0.1, 0.15) is 38.1 Å². The number of benzene rings is 1. The highest BCUT2D eigenvalue weighted by atomic mass is 127. The number of aryl methyl sites for hydroxylation is 1. The Bertz CT molecular complexity index is 868. The van der Waals surface area contributed by atoms with Gasteiger partial charge in [0.15, 0.2) is 17.5 Å². The lowest BCUT2D eigenvalue weighted by molar-refractivity contribution is 0.172. The van der Waals surface area contributed by atoms with Crippen LogP contribution in [0.5, 0.6) is 5.75 Å². The molecule has 0 atom stereocenters. The molecule has 33 heavy (non-hydrogen) atoms. The quantitative estimate of drug-likeness (QED) is 0.204. The Balaban J connectivity index is 0.00000385. The maximum absolute atomic E-state index is 14.0. The molecule has 1 aliphatic heterocycles. The third-order valence-corrected chi connectivity index (χ3v) is 5.72. The van der Waals surface area contributed by atoms with Gasteiger partial charge in [-0.05, 0) is 24.1 Å². The number of aromatic nitrogens is 3. The molecule has 1 N–H and O–H groups in total. The Morgan fingerprint density at radius 2 is 2.00 bits per heavy atom. The van der Waals surface area contributed by atoms with E-state index in [0.29, 0.717) is 0 Å². The maximum atomic E-state index is 14.0. The van der Waals surface area contributed by atoms with E-state index in [1.165, 1.54) is 7.11 Å². The average molecular weight is 573 g/mol. The molecular weight excluding hydrogens is 536 g/mol. The lowest BCUT2D eigenvalue weighted by Gasteiger charge is -2.36. The Morgan fingerprint density at radius 3 is 2.67 bits per heavy atom. The molecule has 0 radical (unpaired) electrons. The van der Waals surface area contributed by atoms with E-state index >= 15 is 0 Å². The molecule has 2 heterocycles. The Morgan fingerprint density at radius 1 is 1.21 bits per heavy atom. The highest BCUT2D eigenvalue weighted by Crippen LogP contribution is 2.19. The molecule has 1 saturated heterocycles. The number of hydrogen-bond acceptors (Lipinski definition) is 5. The van der Waals surface area contributed by atoms with Crippen LogP contribution in [0, 0.1) is 5.82 Å². The van der Waals surface area contributed by atoms with Crippen molar-refractivity contribution in [1.82, 2.24) is 29.9 Å². The van der Waals surface area contributed by atoms with Crippen molar-refractivity contribution in [3.05, 3.63) is 41.7 Å². The molecule has 0 aliphatic carbocycles. The summed E-state index contributed by atoms with van der Waals surface area (Å²) in [5.41, 5.74) is 0.965. The van der Waals surface area contributed by atoms with Crippen molar-refractivity contribution in [3.63, 3.8) is 0 Å². The molecule has 0 saturated carbocycles. The van der Waals surface area contributed by atoms with Crippen LogP contribution in [0.25, 0.3) is 0 Å². The van der Waals surface area contributed by atoms with Gasteiger partial charge in [-0.25, -0.2) is 4.39 Å². The van der Waals surface area contributed by atoms with Gasteiger partial charge in [0.25, 0.3) is 0 Å². The molecule has 1 aromatic carbocycles. The molecule has 1 aromatic heterocycles. The Kier molecular flexibility index (Phi) is 11.9. The second kappa shape index (κ2) is 14.3. The van der Waals surface area contributed by atoms with Gasteiger partial charge in [0.05, 0.1) is 7.11 Å². The smallest absolute Gasteiger partial charge is 0.194 e. The van der Waals surface area contributed by atoms with Crippen molar-refractivity contribution in [2.75, 3.05) is 46.4 Å². The second-order valence-corrected chi connectivity index (χ2v) is 8.01. The molecule has 10 heteroatoms. The summed E-state index contributed by atoms with van der Waals surface area (Å²) in [6.45, 7) is 11.0. The SMILES string of the molecule is CCCCN=C(NCCn1cnnc1CC)N1CCN(Cc2ccc(OC)c(F)c2)CC1.I. The summed E-state index contributed by atoms with van der Waals surface area (Å²) in [7, 11) is 1.49. The number of piperazine rings is 1. The van der Waals surface area contributed by atoms with Crippen molar-refractivity contribution >= 4 is 29.9 Å². The van der Waals surface area contributed by atoms with Crippen LogP contribution in [0.15, 0.2) is 29.5 Å². The first-order valence-electron chi connectivity index (χ1n) is 11.6. The van der Waals surface area contributed by atoms with E-state index in [1.54, 1.807) is 18.5 Å². The van der Waals surface area contributed by atoms with E-state index in [4.69, 9.17) is 9.73 Å². The second-order valence-electron chi connectivity index (χ2n) is 8.01. The molecule has 8 nitrogen and oxygen atoms in total. The lowest BCUT2D eigenvalue weighted by Crippen LogP contribution is -2.52. The number of rotatable bonds is 10. The average Bonchev–Trinajstić information content (AvgIpc) is 3.26.